The van der Waals surface area contributed by atoms with E-state index in [1.807, 2.05) is 168 Å². The largest absolute Gasteiger partial charge is 0.489 e. The van der Waals surface area contributed by atoms with E-state index in [1.165, 1.54) is 11.8 Å². The number of carbonyl (C=O) groups is 6. The first-order valence-corrected chi connectivity index (χ1v) is 27.4. The summed E-state index contributed by atoms with van der Waals surface area (Å²) in [5.74, 6) is -3.15. The van der Waals surface area contributed by atoms with Crippen molar-refractivity contribution in [2.24, 2.45) is 0 Å². The topological polar surface area (TPSA) is 201 Å². The van der Waals surface area contributed by atoms with Crippen LogP contribution in [0.1, 0.15) is 54.9 Å². The zero-order valence-corrected chi connectivity index (χ0v) is 45.2. The lowest BCUT2D eigenvalue weighted by Gasteiger charge is -2.31. The summed E-state index contributed by atoms with van der Waals surface area (Å²) < 4.78 is 13.7. The molecule has 6 amide bonds. The van der Waals surface area contributed by atoms with Crippen molar-refractivity contribution in [1.82, 2.24) is 36.1 Å². The summed E-state index contributed by atoms with van der Waals surface area (Å²) in [6.07, 6.45) is 2.79. The number of amides is 6. The van der Waals surface area contributed by atoms with Gasteiger partial charge in [-0.25, -0.2) is 0 Å². The number of benzene rings is 6. The summed E-state index contributed by atoms with van der Waals surface area (Å²) in [5, 5.41) is 19.0. The number of ether oxygens (including phenoxy) is 1. The minimum absolute atomic E-state index is 0.00486. The van der Waals surface area contributed by atoms with E-state index in [1.54, 1.807) is 12.1 Å². The number of unbranched alkanes of at least 4 members (excludes halogenated alkanes) is 1. The first kappa shape index (κ1) is 55.4. The minimum atomic E-state index is -1.27. The molecule has 0 spiro atoms. The first-order valence-electron chi connectivity index (χ1n) is 26.9. The molecule has 0 radical (unpaired) electrons. The zero-order chi connectivity index (χ0) is 55.1. The Labute approximate surface area is 462 Å². The molecular formula is C62H67N8O8P. The highest BCUT2D eigenvalue weighted by Gasteiger charge is 2.44. The third-order valence-electron chi connectivity index (χ3n) is 14.5. The van der Waals surface area contributed by atoms with Crippen LogP contribution in [0.15, 0.2) is 176 Å². The fourth-order valence-corrected chi connectivity index (χ4v) is 10.4. The molecule has 2 aliphatic rings. The minimum Gasteiger partial charge on any atom is -0.489 e. The monoisotopic (exact) mass is 1080 g/mol. The molecule has 6 aromatic carbocycles. The van der Waals surface area contributed by atoms with Crippen molar-refractivity contribution in [1.29, 1.82) is 0 Å². The Balaban J connectivity index is 1.07. The van der Waals surface area contributed by atoms with Crippen LogP contribution in [0.5, 0.6) is 5.75 Å². The third-order valence-corrected chi connectivity index (χ3v) is 14.9. The molecule has 0 bridgehead atoms. The van der Waals surface area contributed by atoms with Gasteiger partial charge in [-0.3, -0.25) is 28.8 Å². The van der Waals surface area contributed by atoms with Crippen LogP contribution in [0.3, 0.4) is 0 Å². The summed E-state index contributed by atoms with van der Waals surface area (Å²) in [5.41, 5.74) is 5.87. The van der Waals surface area contributed by atoms with Gasteiger partial charge >= 0.3 is 0 Å². The van der Waals surface area contributed by atoms with Gasteiger partial charge in [0, 0.05) is 71.2 Å². The van der Waals surface area contributed by atoms with E-state index in [9.17, 15) is 9.59 Å². The highest BCUT2D eigenvalue weighted by molar-refractivity contribution is 7.09. The maximum Gasteiger partial charge on any atom is 0.246 e. The fraction of sp³-hybridized carbons (Fsp3) is 0.290. The smallest absolute Gasteiger partial charge is 0.246 e. The number of hydrogen-bond donors (Lipinski definition) is 6. The second kappa shape index (κ2) is 26.8. The maximum atomic E-state index is 15.1. The van der Waals surface area contributed by atoms with Gasteiger partial charge in [-0.15, -0.1) is 0 Å². The number of rotatable bonds is 17. The van der Waals surface area contributed by atoms with E-state index in [2.05, 4.69) is 41.4 Å². The second-order valence-electron chi connectivity index (χ2n) is 20.2. The molecule has 0 aliphatic carbocycles. The number of hydrogen-bond acceptors (Lipinski definition) is 9. The molecule has 3 unspecified atom stereocenters. The van der Waals surface area contributed by atoms with Crippen molar-refractivity contribution in [3.63, 3.8) is 0 Å². The van der Waals surface area contributed by atoms with Crippen molar-refractivity contribution in [3.05, 3.63) is 198 Å². The summed E-state index contributed by atoms with van der Waals surface area (Å²) >= 11 is 0. The van der Waals surface area contributed by atoms with Gasteiger partial charge in [-0.2, -0.15) is 0 Å². The van der Waals surface area contributed by atoms with Crippen LogP contribution in [-0.2, 0) is 59.2 Å². The lowest BCUT2D eigenvalue weighted by atomic mass is 10.00. The Bertz CT molecular complexity index is 3190. The van der Waals surface area contributed by atoms with E-state index in [0.29, 0.717) is 37.3 Å². The van der Waals surface area contributed by atoms with E-state index < -0.39 is 77.8 Å². The lowest BCUT2D eigenvalue weighted by molar-refractivity contribution is -0.142. The number of carbonyl (C=O) groups excluding carboxylic acids is 6. The standard InChI is InChI=1S/C62H67N8O8P/c1-41-57(71)66-53(36-45-38-69(47-24-12-5-13-25-47)55-28-15-14-26-50(45)55)60(74)65-51(27-16-17-33-63-46-22-10-4-11-23-46)58(72)67-52(34-43-29-31-48(32-30-43)77-40-44-20-8-3-9-21-44)59(73)68-54(35-42-18-6-2-7-19-42)62(76)70-39-49(78-79)37-56(70)61(75)64-41/h2-15,18-26,28-32,38,41,49,51-54,56,63H,16-17,27,33-37,39-40,79H2,1H3,(H,64,75)(H,65,74)(H,66,71)(H,67,72)(H,68,73)/t41-,49?,51-,52-,53?,54-,56+/m1/s1. The summed E-state index contributed by atoms with van der Waals surface area (Å²) in [6, 6.07) is 46.2. The number of nitrogens with zero attached hydrogens (tertiary/aromatic N) is 2. The highest BCUT2D eigenvalue weighted by Crippen LogP contribution is 2.28. The van der Waals surface area contributed by atoms with E-state index in [4.69, 9.17) is 9.26 Å². The third kappa shape index (κ3) is 14.6. The Morgan fingerprint density at radius 1 is 0.557 bits per heavy atom. The molecule has 8 atom stereocenters. The molecule has 1 aromatic heterocycles. The second-order valence-corrected chi connectivity index (χ2v) is 20.4. The van der Waals surface area contributed by atoms with Gasteiger partial charge in [-0.05, 0) is 90.9 Å². The van der Waals surface area contributed by atoms with Crippen LogP contribution in [0.25, 0.3) is 16.6 Å². The van der Waals surface area contributed by atoms with Crippen LogP contribution in [0.4, 0.5) is 5.69 Å². The van der Waals surface area contributed by atoms with E-state index >= 15 is 19.2 Å². The SMILES string of the molecule is C[C@H]1NC(=O)[C@@H]2CC(OP)CN2C(=O)[C@@H](Cc2ccccc2)NC(=O)[C@@H](Cc2ccc(OCc3ccccc3)cc2)NC(=O)[C@@H](CCCCNc2ccccc2)NC(=O)C(Cc2cn(-c3ccccc3)c3ccccc23)NC1=O. The molecule has 2 fully saturated rings. The number of para-hydroxylation sites is 3. The van der Waals surface area contributed by atoms with E-state index in [-0.39, 0.29) is 38.6 Å². The number of aromatic nitrogens is 1. The Kier molecular flexibility index (Phi) is 18.8. The molecule has 79 heavy (non-hydrogen) atoms. The average molecular weight is 1080 g/mol. The highest BCUT2D eigenvalue weighted by atomic mass is 31.0. The van der Waals surface area contributed by atoms with Crippen molar-refractivity contribution in [2.45, 2.75) is 101 Å². The molecule has 7 aromatic rings. The van der Waals surface area contributed by atoms with Gasteiger partial charge in [-0.1, -0.05) is 127 Å². The van der Waals surface area contributed by atoms with Gasteiger partial charge in [0.2, 0.25) is 35.4 Å². The van der Waals surface area contributed by atoms with Crippen molar-refractivity contribution >= 4 is 61.5 Å². The Morgan fingerprint density at radius 3 is 1.81 bits per heavy atom. The van der Waals surface area contributed by atoms with Crippen molar-refractivity contribution in [2.75, 3.05) is 18.4 Å². The number of nitrogens with one attached hydrogen (secondary N) is 6. The predicted octanol–water partition coefficient (Wildman–Crippen LogP) is 6.75. The molecule has 9 rings (SSSR count). The quantitative estimate of drug-likeness (QED) is 0.0422. The molecule has 2 aliphatic heterocycles. The van der Waals surface area contributed by atoms with Gasteiger partial charge in [0.15, 0.2) is 0 Å². The van der Waals surface area contributed by atoms with Gasteiger partial charge in [0.05, 0.1) is 11.6 Å². The van der Waals surface area contributed by atoms with Crippen LogP contribution < -0.4 is 36.6 Å². The average Bonchev–Trinajstić information content (AvgIpc) is 4.18. The Morgan fingerprint density at radius 2 is 1.11 bits per heavy atom. The first-order chi connectivity index (χ1) is 38.5. The lowest BCUT2D eigenvalue weighted by Crippen LogP contribution is -2.61. The van der Waals surface area contributed by atoms with Crippen LogP contribution >= 0.6 is 9.47 Å². The summed E-state index contributed by atoms with van der Waals surface area (Å²) in [6.45, 7) is 2.45. The van der Waals surface area contributed by atoms with Crippen molar-refractivity contribution in [3.8, 4) is 11.4 Å². The normalized spacial score (nSPS) is 21.4. The zero-order valence-electron chi connectivity index (χ0n) is 44.1. The van der Waals surface area contributed by atoms with Gasteiger partial charge in [0.1, 0.15) is 48.6 Å². The molecule has 408 valence electrons. The Hall–Kier alpha value is -8.33. The molecule has 2 saturated heterocycles. The van der Waals surface area contributed by atoms with Gasteiger partial charge in [0.25, 0.3) is 0 Å². The molecule has 3 heterocycles. The number of fused-ring (bicyclic) bond motifs is 2. The molecule has 17 heteroatoms. The van der Waals surface area contributed by atoms with Crippen molar-refractivity contribution < 1.29 is 38.0 Å². The molecule has 0 saturated carbocycles. The number of anilines is 1. The van der Waals surface area contributed by atoms with Gasteiger partial charge < -0.3 is 50.6 Å². The summed E-state index contributed by atoms with van der Waals surface area (Å²) in [7, 11) is 2.20. The fourth-order valence-electron chi connectivity index (χ4n) is 10.2. The predicted molar refractivity (Wildman–Crippen MR) is 307 cm³/mol. The van der Waals surface area contributed by atoms with Crippen LogP contribution in [-0.4, -0.2) is 100 Å². The van der Waals surface area contributed by atoms with E-state index in [0.717, 1.165) is 39.0 Å². The molecule has 16 nitrogen and oxygen atoms in total. The molecular weight excluding hydrogens is 1020 g/mol. The van der Waals surface area contributed by atoms with Crippen LogP contribution in [0.2, 0.25) is 0 Å². The summed E-state index contributed by atoms with van der Waals surface area (Å²) in [4.78, 5) is 90.6. The molecule has 6 N–H and O–H groups in total. The maximum absolute atomic E-state index is 15.1. The van der Waals surface area contributed by atoms with Crippen LogP contribution in [0, 0.1) is 0 Å².